The molecule has 5 nitrogen and oxygen atoms in total. The molecule has 116 valence electrons. The maximum absolute atomic E-state index is 6.00. The number of aromatic nitrogens is 2. The minimum absolute atomic E-state index is 0.358. The molecule has 1 aromatic heterocycles. The van der Waals surface area contributed by atoms with E-state index in [1.165, 1.54) is 6.42 Å². The van der Waals surface area contributed by atoms with Crippen molar-refractivity contribution in [3.05, 3.63) is 42.4 Å². The Hall–Kier alpha value is -2.14. The number of nitrogens with zero attached hydrogens (tertiary/aromatic N) is 3. The molecule has 3 rings (SSSR count). The minimum atomic E-state index is 0.358. The van der Waals surface area contributed by atoms with Gasteiger partial charge in [-0.25, -0.2) is 4.98 Å². The molecule has 0 N–H and O–H groups in total. The Morgan fingerprint density at radius 2 is 1.91 bits per heavy atom. The van der Waals surface area contributed by atoms with Gasteiger partial charge in [0, 0.05) is 24.9 Å². The van der Waals surface area contributed by atoms with Crippen molar-refractivity contribution in [1.82, 2.24) is 14.9 Å². The lowest BCUT2D eigenvalue weighted by molar-refractivity contribution is 0.245. The third-order valence-electron chi connectivity index (χ3n) is 3.98. The zero-order valence-corrected chi connectivity index (χ0v) is 13.0. The Morgan fingerprint density at radius 3 is 2.68 bits per heavy atom. The number of benzene rings is 1. The molecule has 0 saturated carbocycles. The summed E-state index contributed by atoms with van der Waals surface area (Å²) in [7, 11) is 3.78. The third kappa shape index (κ3) is 3.20. The van der Waals surface area contributed by atoms with E-state index >= 15 is 0 Å². The number of hydrogen-bond acceptors (Lipinski definition) is 5. The van der Waals surface area contributed by atoms with E-state index in [1.807, 2.05) is 24.3 Å². The van der Waals surface area contributed by atoms with Crippen LogP contribution in [0.3, 0.4) is 0 Å². The van der Waals surface area contributed by atoms with Crippen LogP contribution in [-0.2, 0) is 0 Å². The molecule has 1 aliphatic heterocycles. The molecule has 0 bridgehead atoms. The first-order chi connectivity index (χ1) is 10.8. The lowest BCUT2D eigenvalue weighted by atomic mass is 9.95. The van der Waals surface area contributed by atoms with Gasteiger partial charge >= 0.3 is 0 Å². The highest BCUT2D eigenvalue weighted by Crippen LogP contribution is 2.35. The molecule has 2 heterocycles. The van der Waals surface area contributed by atoms with E-state index in [1.54, 1.807) is 19.5 Å². The van der Waals surface area contributed by atoms with E-state index < -0.39 is 0 Å². The smallest absolute Gasteiger partial charge is 0.241 e. The summed E-state index contributed by atoms with van der Waals surface area (Å²) in [5, 5.41) is 0. The molecule has 0 spiro atoms. The predicted octanol–water partition coefficient (Wildman–Crippen LogP) is 3.09. The van der Waals surface area contributed by atoms with Crippen LogP contribution in [0.5, 0.6) is 17.4 Å². The van der Waals surface area contributed by atoms with Gasteiger partial charge in [-0.3, -0.25) is 4.98 Å². The Balaban J connectivity index is 1.88. The van der Waals surface area contributed by atoms with Crippen molar-refractivity contribution in [2.75, 3.05) is 27.2 Å². The standard InChI is InChI=1S/C17H21N3O2/c1-20-11-5-6-13(12-20)16-17(19-10-9-18-16)22-15-8-4-3-7-14(15)21-2/h3-4,7-10,13H,5-6,11-12H2,1-2H3. The van der Waals surface area contributed by atoms with Crippen LogP contribution in [0.1, 0.15) is 24.5 Å². The Labute approximate surface area is 130 Å². The highest BCUT2D eigenvalue weighted by Gasteiger charge is 2.24. The first-order valence-electron chi connectivity index (χ1n) is 7.58. The summed E-state index contributed by atoms with van der Waals surface area (Å²) in [6, 6.07) is 7.59. The molecule has 2 aromatic rings. The van der Waals surface area contributed by atoms with Crippen molar-refractivity contribution < 1.29 is 9.47 Å². The van der Waals surface area contributed by atoms with Gasteiger partial charge in [-0.1, -0.05) is 12.1 Å². The van der Waals surface area contributed by atoms with Gasteiger partial charge in [0.15, 0.2) is 11.5 Å². The maximum atomic E-state index is 6.00. The highest BCUT2D eigenvalue weighted by molar-refractivity contribution is 5.42. The average molecular weight is 299 g/mol. The Morgan fingerprint density at radius 1 is 1.14 bits per heavy atom. The van der Waals surface area contributed by atoms with Crippen molar-refractivity contribution in [2.45, 2.75) is 18.8 Å². The number of rotatable bonds is 4. The second kappa shape index (κ2) is 6.75. The van der Waals surface area contributed by atoms with Crippen molar-refractivity contribution in [3.8, 4) is 17.4 Å². The van der Waals surface area contributed by atoms with Gasteiger partial charge in [-0.05, 0) is 38.6 Å². The van der Waals surface area contributed by atoms with Gasteiger partial charge < -0.3 is 14.4 Å². The van der Waals surface area contributed by atoms with Gasteiger partial charge in [0.05, 0.1) is 7.11 Å². The number of piperidine rings is 1. The summed E-state index contributed by atoms with van der Waals surface area (Å²) < 4.78 is 11.3. The topological polar surface area (TPSA) is 47.5 Å². The SMILES string of the molecule is COc1ccccc1Oc1nccnc1C1CCCN(C)C1. The van der Waals surface area contributed by atoms with Crippen molar-refractivity contribution in [1.29, 1.82) is 0 Å². The number of methoxy groups -OCH3 is 1. The van der Waals surface area contributed by atoms with Gasteiger partial charge in [0.1, 0.15) is 5.69 Å². The van der Waals surface area contributed by atoms with Crippen molar-refractivity contribution in [3.63, 3.8) is 0 Å². The monoisotopic (exact) mass is 299 g/mol. The van der Waals surface area contributed by atoms with E-state index in [9.17, 15) is 0 Å². The lowest BCUT2D eigenvalue weighted by Crippen LogP contribution is -2.31. The molecule has 0 amide bonds. The average Bonchev–Trinajstić information content (AvgIpc) is 2.56. The molecule has 1 fully saturated rings. The summed E-state index contributed by atoms with van der Waals surface area (Å²) in [6.45, 7) is 2.13. The fourth-order valence-electron chi connectivity index (χ4n) is 2.89. The number of likely N-dealkylation sites (tertiary alicyclic amines) is 1. The number of ether oxygens (including phenoxy) is 2. The zero-order chi connectivity index (χ0) is 15.4. The predicted molar refractivity (Wildman–Crippen MR) is 84.6 cm³/mol. The van der Waals surface area contributed by atoms with Gasteiger partial charge in [0.25, 0.3) is 0 Å². The minimum Gasteiger partial charge on any atom is -0.493 e. The fourth-order valence-corrected chi connectivity index (χ4v) is 2.89. The summed E-state index contributed by atoms with van der Waals surface area (Å²) >= 11 is 0. The van der Waals surface area contributed by atoms with E-state index in [4.69, 9.17) is 9.47 Å². The van der Waals surface area contributed by atoms with Crippen LogP contribution in [0.2, 0.25) is 0 Å². The first-order valence-corrected chi connectivity index (χ1v) is 7.58. The third-order valence-corrected chi connectivity index (χ3v) is 3.98. The van der Waals surface area contributed by atoms with E-state index in [-0.39, 0.29) is 0 Å². The summed E-state index contributed by atoms with van der Waals surface area (Å²) in [6.07, 6.45) is 5.69. The number of para-hydroxylation sites is 2. The maximum Gasteiger partial charge on any atom is 0.241 e. The molecule has 22 heavy (non-hydrogen) atoms. The van der Waals surface area contributed by atoms with Crippen molar-refractivity contribution in [2.24, 2.45) is 0 Å². The molecule has 1 unspecified atom stereocenters. The molecule has 0 aliphatic carbocycles. The lowest BCUT2D eigenvalue weighted by Gasteiger charge is -2.29. The number of likely N-dealkylation sites (N-methyl/N-ethyl adjacent to an activating group) is 1. The van der Waals surface area contributed by atoms with E-state index in [0.29, 0.717) is 23.3 Å². The molecule has 0 radical (unpaired) electrons. The summed E-state index contributed by atoms with van der Waals surface area (Å²) in [5.41, 5.74) is 0.931. The van der Waals surface area contributed by atoms with Crippen molar-refractivity contribution >= 4 is 0 Å². The first kappa shape index (κ1) is 14.8. The molecule has 1 saturated heterocycles. The van der Waals surface area contributed by atoms with Crippen LogP contribution in [0, 0.1) is 0 Å². The van der Waals surface area contributed by atoms with Gasteiger partial charge in [0.2, 0.25) is 5.88 Å². The molecule has 1 aliphatic rings. The van der Waals surface area contributed by atoms with Crippen LogP contribution in [0.25, 0.3) is 0 Å². The fraction of sp³-hybridized carbons (Fsp3) is 0.412. The molecule has 1 atom stereocenters. The quantitative estimate of drug-likeness (QED) is 0.868. The van der Waals surface area contributed by atoms with Crippen LogP contribution >= 0.6 is 0 Å². The van der Waals surface area contributed by atoms with Crippen LogP contribution in [-0.4, -0.2) is 42.1 Å². The molecular formula is C17H21N3O2. The second-order valence-electron chi connectivity index (χ2n) is 5.60. The van der Waals surface area contributed by atoms with E-state index in [2.05, 4.69) is 21.9 Å². The zero-order valence-electron chi connectivity index (χ0n) is 13.0. The molecular weight excluding hydrogens is 278 g/mol. The molecule has 5 heteroatoms. The highest BCUT2D eigenvalue weighted by atomic mass is 16.5. The Kier molecular flexibility index (Phi) is 4.53. The summed E-state index contributed by atoms with van der Waals surface area (Å²) in [4.78, 5) is 11.3. The van der Waals surface area contributed by atoms with Gasteiger partial charge in [-0.2, -0.15) is 0 Å². The van der Waals surface area contributed by atoms with Crippen LogP contribution in [0.4, 0.5) is 0 Å². The normalized spacial score (nSPS) is 18.9. The van der Waals surface area contributed by atoms with Gasteiger partial charge in [-0.15, -0.1) is 0 Å². The second-order valence-corrected chi connectivity index (χ2v) is 5.60. The molecule has 1 aromatic carbocycles. The largest absolute Gasteiger partial charge is 0.493 e. The summed E-state index contributed by atoms with van der Waals surface area (Å²) in [5.74, 6) is 2.29. The van der Waals surface area contributed by atoms with Crippen LogP contribution < -0.4 is 9.47 Å². The van der Waals surface area contributed by atoms with E-state index in [0.717, 1.165) is 25.2 Å². The van der Waals surface area contributed by atoms with Crippen LogP contribution in [0.15, 0.2) is 36.7 Å². The number of hydrogen-bond donors (Lipinski definition) is 0. The Bertz CT molecular complexity index is 633.